The first-order valence-corrected chi connectivity index (χ1v) is 12.8. The van der Waals surface area contributed by atoms with Gasteiger partial charge in [-0.05, 0) is 93.2 Å². The first-order valence-electron chi connectivity index (χ1n) is 12.8. The largest absolute Gasteiger partial charge is 0.484 e. The molecule has 0 unspecified atom stereocenters. The van der Waals surface area contributed by atoms with Crippen molar-refractivity contribution in [3.05, 3.63) is 29.8 Å². The number of carbonyl (C=O) groups is 2. The van der Waals surface area contributed by atoms with E-state index < -0.39 is 0 Å². The molecular weight excluding hydrogens is 400 g/mol. The van der Waals surface area contributed by atoms with Crippen molar-refractivity contribution in [2.45, 2.75) is 77.2 Å². The molecule has 1 aromatic rings. The van der Waals surface area contributed by atoms with Gasteiger partial charge < -0.3 is 15.0 Å². The van der Waals surface area contributed by atoms with Gasteiger partial charge in [-0.3, -0.25) is 9.59 Å². The van der Waals surface area contributed by atoms with Gasteiger partial charge in [-0.15, -0.1) is 0 Å². The fourth-order valence-corrected chi connectivity index (χ4v) is 7.39. The van der Waals surface area contributed by atoms with Crippen LogP contribution in [0.2, 0.25) is 0 Å². The zero-order valence-corrected chi connectivity index (χ0v) is 19.5. The maximum atomic E-state index is 13.5. The molecule has 5 fully saturated rings. The highest BCUT2D eigenvalue weighted by Crippen LogP contribution is 2.60. The van der Waals surface area contributed by atoms with Gasteiger partial charge in [-0.1, -0.05) is 25.5 Å². The fourth-order valence-electron chi connectivity index (χ4n) is 7.39. The zero-order chi connectivity index (χ0) is 22.1. The number of hydrogen-bond donors (Lipinski definition) is 1. The van der Waals surface area contributed by atoms with Crippen LogP contribution >= 0.6 is 0 Å². The number of piperidine rings is 1. The molecule has 1 saturated heterocycles. The second-order valence-corrected chi connectivity index (χ2v) is 11.0. The topological polar surface area (TPSA) is 58.6 Å². The van der Waals surface area contributed by atoms with E-state index in [0.29, 0.717) is 5.91 Å². The van der Waals surface area contributed by atoms with Crippen LogP contribution < -0.4 is 10.1 Å². The predicted octanol–water partition coefficient (Wildman–Crippen LogP) is 4.34. The van der Waals surface area contributed by atoms with Crippen LogP contribution in [-0.2, 0) is 16.0 Å². The summed E-state index contributed by atoms with van der Waals surface area (Å²) in [4.78, 5) is 28.0. The number of nitrogens with zero attached hydrogens (tertiary/aromatic N) is 1. The molecule has 6 rings (SSSR count). The summed E-state index contributed by atoms with van der Waals surface area (Å²) < 4.78 is 5.66. The minimum Gasteiger partial charge on any atom is -0.484 e. The second-order valence-electron chi connectivity index (χ2n) is 11.0. The number of nitrogens with one attached hydrogen (secondary N) is 1. The molecule has 174 valence electrons. The molecule has 5 aliphatic rings. The smallest absolute Gasteiger partial charge is 0.258 e. The van der Waals surface area contributed by atoms with Gasteiger partial charge in [0, 0.05) is 19.1 Å². The van der Waals surface area contributed by atoms with Crippen molar-refractivity contribution in [2.24, 2.45) is 23.2 Å². The molecule has 5 heteroatoms. The lowest BCUT2D eigenvalue weighted by Gasteiger charge is -2.57. The first kappa shape index (κ1) is 21.8. The van der Waals surface area contributed by atoms with Gasteiger partial charge in [0.1, 0.15) is 5.75 Å². The maximum absolute atomic E-state index is 13.5. The predicted molar refractivity (Wildman–Crippen MR) is 124 cm³/mol. The molecule has 4 bridgehead atoms. The molecular formula is C27H38N2O3. The molecule has 0 aromatic heterocycles. The molecule has 1 heterocycles. The molecule has 32 heavy (non-hydrogen) atoms. The molecule has 4 saturated carbocycles. The summed E-state index contributed by atoms with van der Waals surface area (Å²) in [5.74, 6) is 3.47. The number of ether oxygens (including phenoxy) is 1. The van der Waals surface area contributed by atoms with Crippen molar-refractivity contribution in [1.82, 2.24) is 10.2 Å². The lowest BCUT2D eigenvalue weighted by atomic mass is 9.49. The SMILES string of the molecule is CCCc1ccc(OCC(=O)NC2CCN(C(=O)C34CC5CC(CC(C5)C3)C4)CC2)cc1. The third-order valence-electron chi connectivity index (χ3n) is 8.47. The monoisotopic (exact) mass is 438 g/mol. The molecule has 1 aliphatic heterocycles. The van der Waals surface area contributed by atoms with Crippen LogP contribution in [0.5, 0.6) is 5.75 Å². The highest BCUT2D eigenvalue weighted by molar-refractivity contribution is 5.83. The van der Waals surface area contributed by atoms with Crippen molar-refractivity contribution in [3.8, 4) is 5.75 Å². The maximum Gasteiger partial charge on any atom is 0.258 e. The van der Waals surface area contributed by atoms with Gasteiger partial charge in [-0.2, -0.15) is 0 Å². The van der Waals surface area contributed by atoms with Crippen LogP contribution in [0.25, 0.3) is 0 Å². The number of hydrogen-bond acceptors (Lipinski definition) is 3. The van der Waals surface area contributed by atoms with E-state index in [4.69, 9.17) is 4.74 Å². The molecule has 1 N–H and O–H groups in total. The number of aryl methyl sites for hydroxylation is 1. The lowest BCUT2D eigenvalue weighted by Crippen LogP contribution is -2.57. The molecule has 1 aromatic carbocycles. The lowest BCUT2D eigenvalue weighted by molar-refractivity contribution is -0.158. The van der Waals surface area contributed by atoms with Gasteiger partial charge in [0.05, 0.1) is 5.41 Å². The highest BCUT2D eigenvalue weighted by Gasteiger charge is 2.55. The fraction of sp³-hybridized carbons (Fsp3) is 0.704. The molecule has 2 amide bonds. The Balaban J connectivity index is 1.07. The van der Waals surface area contributed by atoms with E-state index in [1.807, 2.05) is 12.1 Å². The van der Waals surface area contributed by atoms with Crippen molar-refractivity contribution >= 4 is 11.8 Å². The third-order valence-corrected chi connectivity index (χ3v) is 8.47. The Labute approximate surface area is 192 Å². The molecule has 0 radical (unpaired) electrons. The van der Waals surface area contributed by atoms with Gasteiger partial charge in [-0.25, -0.2) is 0 Å². The van der Waals surface area contributed by atoms with E-state index in [1.165, 1.54) is 24.8 Å². The van der Waals surface area contributed by atoms with Crippen LogP contribution in [0.3, 0.4) is 0 Å². The summed E-state index contributed by atoms with van der Waals surface area (Å²) in [6, 6.07) is 8.14. The van der Waals surface area contributed by atoms with Gasteiger partial charge in [0.25, 0.3) is 5.91 Å². The normalized spacial score (nSPS) is 31.5. The quantitative estimate of drug-likeness (QED) is 0.689. The van der Waals surface area contributed by atoms with Crippen LogP contribution in [0, 0.1) is 23.2 Å². The van der Waals surface area contributed by atoms with Crippen molar-refractivity contribution in [3.63, 3.8) is 0 Å². The number of rotatable bonds is 7. The van der Waals surface area contributed by atoms with E-state index in [-0.39, 0.29) is 24.0 Å². The average molecular weight is 439 g/mol. The number of carbonyl (C=O) groups excluding carboxylic acids is 2. The Morgan fingerprint density at radius 2 is 1.59 bits per heavy atom. The number of likely N-dealkylation sites (tertiary alicyclic amines) is 1. The Kier molecular flexibility index (Phi) is 6.18. The van der Waals surface area contributed by atoms with E-state index in [1.54, 1.807) is 0 Å². The average Bonchev–Trinajstić information content (AvgIpc) is 2.78. The van der Waals surface area contributed by atoms with Crippen molar-refractivity contribution in [2.75, 3.05) is 19.7 Å². The minimum atomic E-state index is -0.0755. The number of benzene rings is 1. The Bertz CT molecular complexity index is 791. The van der Waals surface area contributed by atoms with E-state index in [9.17, 15) is 9.59 Å². The van der Waals surface area contributed by atoms with Gasteiger partial charge >= 0.3 is 0 Å². The van der Waals surface area contributed by atoms with E-state index in [0.717, 1.165) is 81.5 Å². The Morgan fingerprint density at radius 3 is 2.16 bits per heavy atom. The van der Waals surface area contributed by atoms with Gasteiger partial charge in [0.15, 0.2) is 6.61 Å². The van der Waals surface area contributed by atoms with Crippen LogP contribution in [-0.4, -0.2) is 42.5 Å². The van der Waals surface area contributed by atoms with Gasteiger partial charge in [0.2, 0.25) is 5.91 Å². The van der Waals surface area contributed by atoms with Crippen LogP contribution in [0.4, 0.5) is 0 Å². The van der Waals surface area contributed by atoms with E-state index >= 15 is 0 Å². The summed E-state index contributed by atoms with van der Waals surface area (Å²) in [6.45, 7) is 3.74. The molecule has 0 spiro atoms. The molecule has 4 aliphatic carbocycles. The molecule has 0 atom stereocenters. The standard InChI is InChI=1S/C27H38N2O3/c1-2-3-19-4-6-24(7-5-19)32-18-25(30)28-23-8-10-29(11-9-23)26(31)27-15-20-12-21(16-27)14-22(13-20)17-27/h4-7,20-23H,2-3,8-18H2,1H3,(H,28,30). The molecule has 5 nitrogen and oxygen atoms in total. The second kappa shape index (κ2) is 9.07. The van der Waals surface area contributed by atoms with E-state index in [2.05, 4.69) is 29.3 Å². The minimum absolute atomic E-state index is 0.0412. The van der Waals surface area contributed by atoms with Crippen LogP contribution in [0.1, 0.15) is 70.3 Å². The van der Waals surface area contributed by atoms with Crippen molar-refractivity contribution in [1.29, 1.82) is 0 Å². The zero-order valence-electron chi connectivity index (χ0n) is 19.5. The van der Waals surface area contributed by atoms with Crippen molar-refractivity contribution < 1.29 is 14.3 Å². The summed E-state index contributed by atoms with van der Waals surface area (Å²) in [7, 11) is 0. The Morgan fingerprint density at radius 1 is 1.00 bits per heavy atom. The summed E-state index contributed by atoms with van der Waals surface area (Å²) in [6.07, 6.45) is 11.4. The summed E-state index contributed by atoms with van der Waals surface area (Å²) in [5, 5.41) is 3.11. The van der Waals surface area contributed by atoms with Crippen LogP contribution in [0.15, 0.2) is 24.3 Å². The Hall–Kier alpha value is -2.04. The summed E-state index contributed by atoms with van der Waals surface area (Å²) in [5.41, 5.74) is 1.24. The highest BCUT2D eigenvalue weighted by atomic mass is 16.5. The third kappa shape index (κ3) is 4.53. The number of amides is 2. The first-order chi connectivity index (χ1) is 15.5. The summed E-state index contributed by atoms with van der Waals surface area (Å²) >= 11 is 0.